The van der Waals surface area contributed by atoms with Crippen LogP contribution in [0.25, 0.3) is 11.0 Å². The molecule has 0 saturated heterocycles. The zero-order valence-electron chi connectivity index (χ0n) is 15.2. The molecule has 0 unspecified atom stereocenters. The quantitative estimate of drug-likeness (QED) is 0.556. The Kier molecular flexibility index (Phi) is 6.58. The number of rotatable bonds is 9. The lowest BCUT2D eigenvalue weighted by Crippen LogP contribution is -2.12. The summed E-state index contributed by atoms with van der Waals surface area (Å²) in [7, 11) is 0. The topological polar surface area (TPSA) is 69.0 Å². The van der Waals surface area contributed by atoms with Gasteiger partial charge in [0.15, 0.2) is 5.65 Å². The number of hydrogen-bond acceptors (Lipinski definition) is 5. The first kappa shape index (κ1) is 18.2. The second-order valence-electron chi connectivity index (χ2n) is 5.91. The predicted octanol–water partition coefficient (Wildman–Crippen LogP) is 3.93. The molecule has 2 heterocycles. The van der Waals surface area contributed by atoms with E-state index in [1.807, 2.05) is 18.5 Å². The highest BCUT2D eigenvalue weighted by Crippen LogP contribution is 2.29. The summed E-state index contributed by atoms with van der Waals surface area (Å²) in [5.74, 6) is -0.341. The lowest BCUT2D eigenvalue weighted by Gasteiger charge is -2.13. The zero-order chi connectivity index (χ0) is 17.5. The van der Waals surface area contributed by atoms with Crippen LogP contribution in [0, 0.1) is 6.92 Å². The molecule has 1 N–H and O–H groups in total. The smallest absolute Gasteiger partial charge is 0.341 e. The number of hydrogen-bond donors (Lipinski definition) is 1. The summed E-state index contributed by atoms with van der Waals surface area (Å²) in [4.78, 5) is 16.8. The van der Waals surface area contributed by atoms with E-state index in [1.54, 1.807) is 6.20 Å². The maximum absolute atomic E-state index is 12.3. The van der Waals surface area contributed by atoms with E-state index in [9.17, 15) is 4.79 Å². The molecular weight excluding hydrogens is 304 g/mol. The number of nitrogens with zero attached hydrogens (tertiary/aromatic N) is 3. The number of pyridine rings is 1. The van der Waals surface area contributed by atoms with Gasteiger partial charge in [0.2, 0.25) is 0 Å². The van der Waals surface area contributed by atoms with Gasteiger partial charge in [0.1, 0.15) is 5.56 Å². The molecule has 0 aliphatic rings. The molecule has 6 heteroatoms. The Morgan fingerprint density at radius 3 is 2.67 bits per heavy atom. The van der Waals surface area contributed by atoms with Gasteiger partial charge in [-0.3, -0.25) is 0 Å². The normalized spacial score (nSPS) is 11.0. The summed E-state index contributed by atoms with van der Waals surface area (Å²) in [5, 5.41) is 8.96. The Labute approximate surface area is 143 Å². The second-order valence-corrected chi connectivity index (χ2v) is 5.91. The molecule has 2 aromatic heterocycles. The number of anilines is 1. The van der Waals surface area contributed by atoms with Gasteiger partial charge in [0, 0.05) is 19.3 Å². The molecule has 6 nitrogen and oxygen atoms in total. The van der Waals surface area contributed by atoms with Crippen LogP contribution in [0.4, 0.5) is 5.69 Å². The highest BCUT2D eigenvalue weighted by atomic mass is 16.5. The van der Waals surface area contributed by atoms with Crippen molar-refractivity contribution in [3.63, 3.8) is 0 Å². The van der Waals surface area contributed by atoms with Crippen LogP contribution in [-0.4, -0.2) is 33.9 Å². The molecule has 0 aromatic carbocycles. The lowest BCUT2D eigenvalue weighted by atomic mass is 10.1. The van der Waals surface area contributed by atoms with E-state index in [1.165, 1.54) is 0 Å². The van der Waals surface area contributed by atoms with Crippen LogP contribution < -0.4 is 5.32 Å². The van der Waals surface area contributed by atoms with E-state index in [0.29, 0.717) is 12.2 Å². The molecule has 0 spiro atoms. The largest absolute Gasteiger partial charge is 0.462 e. The van der Waals surface area contributed by atoms with Crippen molar-refractivity contribution in [2.45, 2.75) is 59.9 Å². The zero-order valence-corrected chi connectivity index (χ0v) is 15.2. The Balaban J connectivity index is 2.51. The number of aromatic nitrogens is 3. The van der Waals surface area contributed by atoms with Gasteiger partial charge in [-0.25, -0.2) is 14.5 Å². The third-order valence-electron chi connectivity index (χ3n) is 3.99. The van der Waals surface area contributed by atoms with Crippen molar-refractivity contribution in [3.8, 4) is 0 Å². The minimum Gasteiger partial charge on any atom is -0.462 e. The number of aryl methyl sites for hydroxylation is 2. The van der Waals surface area contributed by atoms with Gasteiger partial charge in [-0.2, -0.15) is 5.10 Å². The summed E-state index contributed by atoms with van der Waals surface area (Å²) in [6, 6.07) is 0. The van der Waals surface area contributed by atoms with Crippen LogP contribution >= 0.6 is 0 Å². The summed E-state index contributed by atoms with van der Waals surface area (Å²) in [6.45, 7) is 10.1. The summed E-state index contributed by atoms with van der Waals surface area (Å²) in [5.41, 5.74) is 3.00. The Morgan fingerprint density at radius 2 is 2.00 bits per heavy atom. The Hall–Kier alpha value is -2.11. The maximum atomic E-state index is 12.3. The minimum absolute atomic E-state index is 0.341. The lowest BCUT2D eigenvalue weighted by molar-refractivity contribution is 0.0527. The van der Waals surface area contributed by atoms with Crippen LogP contribution in [0.1, 0.15) is 62.5 Å². The summed E-state index contributed by atoms with van der Waals surface area (Å²) >= 11 is 0. The molecule has 0 bridgehead atoms. The first-order chi connectivity index (χ1) is 11.6. The van der Waals surface area contributed by atoms with E-state index < -0.39 is 0 Å². The van der Waals surface area contributed by atoms with Gasteiger partial charge in [-0.05, 0) is 26.7 Å². The number of esters is 1. The van der Waals surface area contributed by atoms with Gasteiger partial charge in [0.05, 0.1) is 23.4 Å². The SMILES string of the molecule is CCCCNc1c(C(=O)OCC)cnc2c1c(C)nn2CCCC. The van der Waals surface area contributed by atoms with Gasteiger partial charge < -0.3 is 10.1 Å². The van der Waals surface area contributed by atoms with Gasteiger partial charge >= 0.3 is 5.97 Å². The minimum atomic E-state index is -0.341. The molecule has 0 aliphatic heterocycles. The third kappa shape index (κ3) is 3.86. The van der Waals surface area contributed by atoms with Gasteiger partial charge in [-0.15, -0.1) is 0 Å². The number of carbonyl (C=O) groups excluding carboxylic acids is 1. The second kappa shape index (κ2) is 8.66. The molecule has 0 amide bonds. The number of unbranched alkanes of at least 4 members (excludes halogenated alkanes) is 2. The first-order valence-corrected chi connectivity index (χ1v) is 8.91. The highest BCUT2D eigenvalue weighted by Gasteiger charge is 2.21. The fourth-order valence-electron chi connectivity index (χ4n) is 2.72. The van der Waals surface area contributed by atoms with E-state index in [0.717, 1.165) is 61.2 Å². The van der Waals surface area contributed by atoms with Crippen molar-refractivity contribution >= 4 is 22.7 Å². The number of carbonyl (C=O) groups is 1. The molecule has 0 fully saturated rings. The van der Waals surface area contributed by atoms with Gasteiger partial charge in [0.25, 0.3) is 0 Å². The van der Waals surface area contributed by atoms with Crippen molar-refractivity contribution < 1.29 is 9.53 Å². The molecule has 0 saturated carbocycles. The molecule has 0 atom stereocenters. The van der Waals surface area contributed by atoms with E-state index in [2.05, 4.69) is 29.2 Å². The Bertz CT molecular complexity index is 694. The number of ether oxygens (including phenoxy) is 1. The fourth-order valence-corrected chi connectivity index (χ4v) is 2.72. The maximum Gasteiger partial charge on any atom is 0.341 e. The van der Waals surface area contributed by atoms with Crippen molar-refractivity contribution in [2.75, 3.05) is 18.5 Å². The predicted molar refractivity (Wildman–Crippen MR) is 96.5 cm³/mol. The average molecular weight is 332 g/mol. The van der Waals surface area contributed by atoms with Crippen molar-refractivity contribution in [2.24, 2.45) is 0 Å². The standard InChI is InChI=1S/C18H28N4O2/c1-5-8-10-19-16-14(18(23)24-7-3)12-20-17-15(16)13(4)21-22(17)11-9-6-2/h12H,5-11H2,1-4H3,(H,19,20). The van der Waals surface area contributed by atoms with Crippen LogP contribution in [-0.2, 0) is 11.3 Å². The van der Waals surface area contributed by atoms with Crippen LogP contribution in [0.3, 0.4) is 0 Å². The first-order valence-electron chi connectivity index (χ1n) is 8.91. The van der Waals surface area contributed by atoms with E-state index >= 15 is 0 Å². The molecule has 2 aromatic rings. The molecule has 24 heavy (non-hydrogen) atoms. The monoisotopic (exact) mass is 332 g/mol. The summed E-state index contributed by atoms with van der Waals surface area (Å²) in [6.07, 6.45) is 5.89. The van der Waals surface area contributed by atoms with Crippen molar-refractivity contribution in [3.05, 3.63) is 17.5 Å². The molecule has 0 aliphatic carbocycles. The fraction of sp³-hybridized carbons (Fsp3) is 0.611. The number of fused-ring (bicyclic) bond motifs is 1. The number of nitrogens with one attached hydrogen (secondary N) is 1. The van der Waals surface area contributed by atoms with Crippen LogP contribution in [0.5, 0.6) is 0 Å². The third-order valence-corrected chi connectivity index (χ3v) is 3.99. The average Bonchev–Trinajstić information content (AvgIpc) is 2.90. The molecule has 0 radical (unpaired) electrons. The molecule has 2 rings (SSSR count). The van der Waals surface area contributed by atoms with Crippen LogP contribution in [0.15, 0.2) is 6.20 Å². The molecule has 132 valence electrons. The van der Waals surface area contributed by atoms with Crippen molar-refractivity contribution in [1.29, 1.82) is 0 Å². The highest BCUT2D eigenvalue weighted by molar-refractivity contribution is 6.05. The van der Waals surface area contributed by atoms with E-state index in [4.69, 9.17) is 4.74 Å². The molecular formula is C18H28N4O2. The van der Waals surface area contributed by atoms with E-state index in [-0.39, 0.29) is 5.97 Å². The Morgan fingerprint density at radius 1 is 1.25 bits per heavy atom. The van der Waals surface area contributed by atoms with Gasteiger partial charge in [-0.1, -0.05) is 26.7 Å². The van der Waals surface area contributed by atoms with Crippen LogP contribution in [0.2, 0.25) is 0 Å². The summed E-state index contributed by atoms with van der Waals surface area (Å²) < 4.78 is 7.13. The van der Waals surface area contributed by atoms with Crippen molar-refractivity contribution in [1.82, 2.24) is 14.8 Å².